The zero-order valence-corrected chi connectivity index (χ0v) is 15.6. The maximum atomic E-state index is 6.38. The van der Waals surface area contributed by atoms with E-state index < -0.39 is 0 Å². The predicted octanol–water partition coefficient (Wildman–Crippen LogP) is -0.275. The highest BCUT2D eigenvalue weighted by atomic mass is 32.2. The average molecular weight is 356 g/mol. The number of piperazine rings is 1. The van der Waals surface area contributed by atoms with Crippen LogP contribution >= 0.6 is 11.8 Å². The minimum Gasteiger partial charge on any atom is -0.373 e. The smallest absolute Gasteiger partial charge is 0.124 e. The van der Waals surface area contributed by atoms with Crippen LogP contribution in [0.2, 0.25) is 0 Å². The molecule has 3 unspecified atom stereocenters. The zero-order valence-electron chi connectivity index (χ0n) is 14.8. The maximum Gasteiger partial charge on any atom is 0.124 e. The summed E-state index contributed by atoms with van der Waals surface area (Å²) in [5.74, 6) is 1.17. The lowest BCUT2D eigenvalue weighted by Gasteiger charge is -2.58. The summed E-state index contributed by atoms with van der Waals surface area (Å²) in [5.41, 5.74) is 0. The van der Waals surface area contributed by atoms with E-state index in [0.717, 1.165) is 52.4 Å². The number of morpholine rings is 1. The molecule has 138 valence electrons. The van der Waals surface area contributed by atoms with Crippen LogP contribution in [0.1, 0.15) is 19.3 Å². The molecule has 4 heterocycles. The van der Waals surface area contributed by atoms with Gasteiger partial charge in [0.2, 0.25) is 0 Å². The maximum absolute atomic E-state index is 6.38. The molecule has 6 nitrogen and oxygen atoms in total. The van der Waals surface area contributed by atoms with Gasteiger partial charge in [-0.1, -0.05) is 6.42 Å². The van der Waals surface area contributed by atoms with Gasteiger partial charge in [0, 0.05) is 51.6 Å². The Kier molecular flexibility index (Phi) is 5.99. The Morgan fingerprint density at radius 3 is 2.50 bits per heavy atom. The number of ether oxygens (including phenoxy) is 1. The second kappa shape index (κ2) is 8.20. The minimum atomic E-state index is 0.0328. The highest BCUT2D eigenvalue weighted by Crippen LogP contribution is 2.42. The quantitative estimate of drug-likeness (QED) is 0.644. The minimum absolute atomic E-state index is 0.0328. The van der Waals surface area contributed by atoms with Crippen molar-refractivity contribution in [1.29, 1.82) is 0 Å². The third-order valence-electron chi connectivity index (χ3n) is 5.92. The van der Waals surface area contributed by atoms with E-state index in [4.69, 9.17) is 4.74 Å². The number of piperidine rings is 1. The second-order valence-electron chi connectivity index (χ2n) is 7.35. The Morgan fingerprint density at radius 2 is 1.75 bits per heavy atom. The van der Waals surface area contributed by atoms with Crippen LogP contribution in [0, 0.1) is 0 Å². The van der Waals surface area contributed by atoms with Crippen LogP contribution in [-0.4, -0.2) is 98.2 Å². The molecule has 0 bridgehead atoms. The van der Waals surface area contributed by atoms with Crippen molar-refractivity contribution in [1.82, 2.24) is 25.8 Å². The molecule has 4 rings (SSSR count). The van der Waals surface area contributed by atoms with E-state index in [1.807, 2.05) is 0 Å². The Balaban J connectivity index is 1.64. The van der Waals surface area contributed by atoms with Crippen LogP contribution in [0.25, 0.3) is 0 Å². The molecule has 0 aromatic rings. The summed E-state index contributed by atoms with van der Waals surface area (Å²) in [4.78, 5) is 5.48. The molecule has 3 atom stereocenters. The van der Waals surface area contributed by atoms with E-state index in [1.165, 1.54) is 38.1 Å². The fourth-order valence-electron chi connectivity index (χ4n) is 4.78. The number of rotatable bonds is 3. The van der Waals surface area contributed by atoms with E-state index >= 15 is 0 Å². The Labute approximate surface area is 150 Å². The summed E-state index contributed by atoms with van der Waals surface area (Å²) in [6.45, 7) is 10.8. The highest BCUT2D eigenvalue weighted by molar-refractivity contribution is 8.00. The van der Waals surface area contributed by atoms with Gasteiger partial charge >= 0.3 is 0 Å². The van der Waals surface area contributed by atoms with Crippen molar-refractivity contribution in [3.63, 3.8) is 0 Å². The van der Waals surface area contributed by atoms with Crippen molar-refractivity contribution in [3.8, 4) is 0 Å². The monoisotopic (exact) mass is 355 g/mol. The van der Waals surface area contributed by atoms with Crippen molar-refractivity contribution in [3.05, 3.63) is 0 Å². The molecular formula is C17H33N5OS. The van der Waals surface area contributed by atoms with Gasteiger partial charge in [-0.2, -0.15) is 0 Å². The second-order valence-corrected chi connectivity index (χ2v) is 8.71. The number of hydrogen-bond acceptors (Lipinski definition) is 7. The fraction of sp³-hybridized carbons (Fsp3) is 1.00. The Morgan fingerprint density at radius 1 is 0.917 bits per heavy atom. The van der Waals surface area contributed by atoms with Crippen molar-refractivity contribution >= 4 is 11.8 Å². The van der Waals surface area contributed by atoms with Gasteiger partial charge < -0.3 is 15.4 Å². The fourth-order valence-corrected chi connectivity index (χ4v) is 6.42. The summed E-state index contributed by atoms with van der Waals surface area (Å²) in [5, 5.41) is 11.0. The average Bonchev–Trinajstić information content (AvgIpc) is 2.70. The largest absolute Gasteiger partial charge is 0.373 e. The summed E-state index contributed by atoms with van der Waals surface area (Å²) in [6.07, 6.45) is 4.72. The van der Waals surface area contributed by atoms with E-state index in [-0.39, 0.29) is 11.0 Å². The lowest BCUT2D eigenvalue weighted by molar-refractivity contribution is -0.0926. The number of nitrogens with one attached hydrogen (secondary N) is 3. The van der Waals surface area contributed by atoms with E-state index in [9.17, 15) is 0 Å². The van der Waals surface area contributed by atoms with Gasteiger partial charge in [-0.3, -0.25) is 15.1 Å². The molecule has 4 aliphatic heterocycles. The predicted molar refractivity (Wildman–Crippen MR) is 99.5 cm³/mol. The molecule has 0 aliphatic carbocycles. The summed E-state index contributed by atoms with van der Waals surface area (Å²) >= 11 is 2.15. The van der Waals surface area contributed by atoms with Crippen molar-refractivity contribution in [2.45, 2.75) is 36.4 Å². The molecule has 0 radical (unpaired) electrons. The lowest BCUT2D eigenvalue weighted by Crippen LogP contribution is -2.76. The van der Waals surface area contributed by atoms with Crippen LogP contribution in [0.15, 0.2) is 0 Å². The summed E-state index contributed by atoms with van der Waals surface area (Å²) in [6, 6.07) is 0. The molecule has 3 N–H and O–H groups in total. The van der Waals surface area contributed by atoms with E-state index in [2.05, 4.69) is 37.5 Å². The Hall–Kier alpha value is 0.110. The van der Waals surface area contributed by atoms with Crippen LogP contribution in [0.5, 0.6) is 0 Å². The van der Waals surface area contributed by atoms with E-state index in [1.54, 1.807) is 0 Å². The van der Waals surface area contributed by atoms with Crippen LogP contribution in [0.3, 0.4) is 0 Å². The zero-order chi connectivity index (χ0) is 16.2. The molecule has 0 saturated carbocycles. The van der Waals surface area contributed by atoms with Gasteiger partial charge in [0.1, 0.15) is 11.0 Å². The van der Waals surface area contributed by atoms with Crippen molar-refractivity contribution in [2.75, 3.05) is 71.3 Å². The van der Waals surface area contributed by atoms with Gasteiger partial charge in [-0.05, 0) is 25.9 Å². The van der Waals surface area contributed by atoms with Crippen molar-refractivity contribution < 1.29 is 4.74 Å². The highest BCUT2D eigenvalue weighted by Gasteiger charge is 2.55. The van der Waals surface area contributed by atoms with Crippen LogP contribution in [0.4, 0.5) is 0 Å². The van der Waals surface area contributed by atoms with E-state index in [0.29, 0.717) is 6.17 Å². The first kappa shape index (κ1) is 17.5. The molecule has 4 saturated heterocycles. The van der Waals surface area contributed by atoms with Crippen LogP contribution < -0.4 is 16.0 Å². The van der Waals surface area contributed by atoms with Crippen LogP contribution in [-0.2, 0) is 4.74 Å². The summed E-state index contributed by atoms with van der Waals surface area (Å²) < 4.78 is 6.38. The van der Waals surface area contributed by atoms with Crippen molar-refractivity contribution in [2.24, 2.45) is 0 Å². The molecule has 4 fully saturated rings. The third-order valence-corrected chi connectivity index (χ3v) is 7.54. The Bertz CT molecular complexity index is 376. The number of thioether (sulfide) groups is 1. The number of hydrogen-bond donors (Lipinski definition) is 3. The SMILES string of the molecule is C1CCN(C2NCCSC2(C2CNCCO2)N2CCNCC2)CC1. The molecule has 0 spiro atoms. The first-order valence-electron chi connectivity index (χ1n) is 9.81. The van der Waals surface area contributed by atoms with Gasteiger partial charge in [0.05, 0.1) is 12.8 Å². The number of likely N-dealkylation sites (tertiary alicyclic amines) is 1. The van der Waals surface area contributed by atoms with Gasteiger partial charge in [0.15, 0.2) is 0 Å². The first-order valence-corrected chi connectivity index (χ1v) is 10.8. The molecule has 7 heteroatoms. The first-order chi connectivity index (χ1) is 11.9. The molecule has 0 amide bonds. The molecule has 24 heavy (non-hydrogen) atoms. The molecule has 0 aromatic heterocycles. The molecule has 0 aromatic carbocycles. The van der Waals surface area contributed by atoms with Gasteiger partial charge in [0.25, 0.3) is 0 Å². The molecule has 4 aliphatic rings. The standard InChI is InChI=1S/C17H33N5OS/c1-2-8-21(9-3-1)16-17(24-13-7-20-16,15-14-19-6-12-23-15)22-10-4-18-5-11-22/h15-16,18-20H,1-14H2. The lowest BCUT2D eigenvalue weighted by atomic mass is 9.98. The van der Waals surface area contributed by atoms with Gasteiger partial charge in [-0.25, -0.2) is 0 Å². The summed E-state index contributed by atoms with van der Waals surface area (Å²) in [7, 11) is 0. The number of nitrogens with zero attached hydrogens (tertiary/aromatic N) is 2. The molecular weight excluding hydrogens is 322 g/mol. The van der Waals surface area contributed by atoms with Gasteiger partial charge in [-0.15, -0.1) is 11.8 Å². The third kappa shape index (κ3) is 3.37. The normalized spacial score (nSPS) is 40.5. The topological polar surface area (TPSA) is 51.8 Å².